The molecule has 0 saturated heterocycles. The van der Waals surface area contributed by atoms with Crippen molar-refractivity contribution < 1.29 is 9.63 Å². The Morgan fingerprint density at radius 1 is 1.38 bits per heavy atom. The van der Waals surface area contributed by atoms with Crippen LogP contribution in [0.5, 0.6) is 5.75 Å². The number of hydrogen-bond donors (Lipinski definition) is 1. The fourth-order valence-electron chi connectivity index (χ4n) is 0.977. The minimum Gasteiger partial charge on any atom is -0.507 e. The van der Waals surface area contributed by atoms with E-state index in [2.05, 4.69) is 30.6 Å². The predicted molar refractivity (Wildman–Crippen MR) is 49.1 cm³/mol. The Balaban J connectivity index is 2.57. The Morgan fingerprint density at radius 2 is 2.23 bits per heavy atom. The predicted octanol–water partition coefficient (Wildman–Crippen LogP) is 2.20. The van der Waals surface area contributed by atoms with Gasteiger partial charge in [-0.15, -0.1) is 0 Å². The summed E-state index contributed by atoms with van der Waals surface area (Å²) in [6, 6.07) is 5.02. The lowest BCUT2D eigenvalue weighted by atomic mass is 10.2. The zero-order valence-corrected chi connectivity index (χ0v) is 8.02. The standard InChI is InChI=1S/C8H5BrN2O2/c9-5-1-2-7(12)6(3-5)8-10-4-13-11-8/h1-4,12H. The number of aromatic nitrogens is 2. The first-order chi connectivity index (χ1) is 6.27. The molecule has 0 aliphatic carbocycles. The number of rotatable bonds is 1. The third-order valence-electron chi connectivity index (χ3n) is 1.56. The van der Waals surface area contributed by atoms with Crippen molar-refractivity contribution in [2.24, 2.45) is 0 Å². The Kier molecular flexibility index (Phi) is 2.02. The van der Waals surface area contributed by atoms with E-state index < -0.39 is 0 Å². The van der Waals surface area contributed by atoms with Crippen LogP contribution < -0.4 is 0 Å². The van der Waals surface area contributed by atoms with Crippen molar-refractivity contribution in [3.8, 4) is 17.1 Å². The van der Waals surface area contributed by atoms with Gasteiger partial charge < -0.3 is 9.63 Å². The summed E-state index contributed by atoms with van der Waals surface area (Å²) in [4.78, 5) is 3.83. The molecule has 0 bridgehead atoms. The summed E-state index contributed by atoms with van der Waals surface area (Å²) in [5.41, 5.74) is 0.545. The molecule has 5 heteroatoms. The van der Waals surface area contributed by atoms with Crippen LogP contribution in [0.3, 0.4) is 0 Å². The fourth-order valence-corrected chi connectivity index (χ4v) is 1.34. The molecule has 0 radical (unpaired) electrons. The average Bonchev–Trinajstić information content (AvgIpc) is 2.61. The normalized spacial score (nSPS) is 10.2. The molecule has 1 N–H and O–H groups in total. The Morgan fingerprint density at radius 3 is 2.92 bits per heavy atom. The van der Waals surface area contributed by atoms with Crippen LogP contribution >= 0.6 is 15.9 Å². The number of phenols is 1. The van der Waals surface area contributed by atoms with Gasteiger partial charge in [0.1, 0.15) is 5.75 Å². The largest absolute Gasteiger partial charge is 0.507 e. The molecule has 0 saturated carbocycles. The van der Waals surface area contributed by atoms with Gasteiger partial charge in [-0.05, 0) is 18.2 Å². The van der Waals surface area contributed by atoms with Crippen LogP contribution in [-0.4, -0.2) is 15.2 Å². The minimum absolute atomic E-state index is 0.129. The van der Waals surface area contributed by atoms with E-state index in [0.29, 0.717) is 11.4 Å². The molecule has 4 nitrogen and oxygen atoms in total. The molecule has 0 fully saturated rings. The highest BCUT2D eigenvalue weighted by Gasteiger charge is 2.08. The van der Waals surface area contributed by atoms with E-state index in [1.807, 2.05) is 0 Å². The monoisotopic (exact) mass is 240 g/mol. The van der Waals surface area contributed by atoms with E-state index in [-0.39, 0.29) is 5.75 Å². The number of nitrogens with zero attached hydrogens (tertiary/aromatic N) is 2. The van der Waals surface area contributed by atoms with Crippen LogP contribution in [0.4, 0.5) is 0 Å². The molecule has 13 heavy (non-hydrogen) atoms. The van der Waals surface area contributed by atoms with Crippen LogP contribution in [0.2, 0.25) is 0 Å². The number of hydrogen-bond acceptors (Lipinski definition) is 4. The van der Waals surface area contributed by atoms with Gasteiger partial charge in [0.2, 0.25) is 12.2 Å². The third kappa shape index (κ3) is 1.55. The summed E-state index contributed by atoms with van der Waals surface area (Å²) in [7, 11) is 0. The minimum atomic E-state index is 0.129. The zero-order chi connectivity index (χ0) is 9.26. The molecule has 2 aromatic rings. The molecular weight excluding hydrogens is 236 g/mol. The second kappa shape index (κ2) is 3.18. The van der Waals surface area contributed by atoms with Gasteiger partial charge in [0.25, 0.3) is 0 Å². The van der Waals surface area contributed by atoms with Crippen molar-refractivity contribution in [1.82, 2.24) is 10.1 Å². The van der Waals surface area contributed by atoms with Gasteiger partial charge in [-0.3, -0.25) is 0 Å². The lowest BCUT2D eigenvalue weighted by molar-refractivity contribution is 0.418. The fraction of sp³-hybridized carbons (Fsp3) is 0. The Hall–Kier alpha value is -1.36. The van der Waals surface area contributed by atoms with Crippen LogP contribution in [0, 0.1) is 0 Å². The molecule has 1 aromatic heterocycles. The third-order valence-corrected chi connectivity index (χ3v) is 2.05. The smallest absolute Gasteiger partial charge is 0.214 e. The highest BCUT2D eigenvalue weighted by molar-refractivity contribution is 9.10. The Bertz CT molecular complexity index is 414. The molecule has 0 spiro atoms. The van der Waals surface area contributed by atoms with Crippen molar-refractivity contribution >= 4 is 15.9 Å². The zero-order valence-electron chi connectivity index (χ0n) is 6.44. The summed E-state index contributed by atoms with van der Waals surface area (Å²) in [5.74, 6) is 0.503. The number of benzene rings is 1. The van der Waals surface area contributed by atoms with Gasteiger partial charge in [-0.2, -0.15) is 4.98 Å². The van der Waals surface area contributed by atoms with Gasteiger partial charge in [0.05, 0.1) is 5.56 Å². The van der Waals surface area contributed by atoms with Crippen LogP contribution in [0.15, 0.2) is 33.6 Å². The molecule has 0 amide bonds. The van der Waals surface area contributed by atoms with E-state index in [4.69, 9.17) is 0 Å². The first-order valence-corrected chi connectivity index (χ1v) is 4.32. The van der Waals surface area contributed by atoms with E-state index in [9.17, 15) is 5.11 Å². The van der Waals surface area contributed by atoms with E-state index >= 15 is 0 Å². The lowest BCUT2D eigenvalue weighted by Crippen LogP contribution is -1.81. The van der Waals surface area contributed by atoms with Crippen molar-refractivity contribution in [2.75, 3.05) is 0 Å². The summed E-state index contributed by atoms with van der Waals surface area (Å²) < 4.78 is 5.43. The molecule has 0 aliphatic heterocycles. The van der Waals surface area contributed by atoms with Crippen LogP contribution in [0.25, 0.3) is 11.4 Å². The second-order valence-corrected chi connectivity index (χ2v) is 3.33. The average molecular weight is 241 g/mol. The highest BCUT2D eigenvalue weighted by Crippen LogP contribution is 2.28. The first-order valence-electron chi connectivity index (χ1n) is 3.52. The molecule has 0 aliphatic rings. The summed E-state index contributed by atoms with van der Waals surface area (Å²) in [6.45, 7) is 0. The SMILES string of the molecule is Oc1ccc(Br)cc1-c1ncon1. The Labute approximate surface area is 82.3 Å². The second-order valence-electron chi connectivity index (χ2n) is 2.42. The lowest BCUT2D eigenvalue weighted by Gasteiger charge is -1.98. The summed E-state index contributed by atoms with van der Waals surface area (Å²) in [5, 5.41) is 13.1. The van der Waals surface area contributed by atoms with E-state index in [0.717, 1.165) is 4.47 Å². The molecule has 2 rings (SSSR count). The topological polar surface area (TPSA) is 59.2 Å². The molecule has 1 heterocycles. The summed E-state index contributed by atoms with van der Waals surface area (Å²) in [6.07, 6.45) is 1.22. The van der Waals surface area contributed by atoms with Crippen molar-refractivity contribution in [1.29, 1.82) is 0 Å². The number of aromatic hydroxyl groups is 1. The maximum Gasteiger partial charge on any atom is 0.214 e. The van der Waals surface area contributed by atoms with Gasteiger partial charge in [-0.1, -0.05) is 21.1 Å². The highest BCUT2D eigenvalue weighted by atomic mass is 79.9. The molecular formula is C8H5BrN2O2. The van der Waals surface area contributed by atoms with Crippen LogP contribution in [0.1, 0.15) is 0 Å². The van der Waals surface area contributed by atoms with Crippen LogP contribution in [-0.2, 0) is 0 Å². The van der Waals surface area contributed by atoms with Crippen molar-refractivity contribution in [3.63, 3.8) is 0 Å². The maximum absolute atomic E-state index is 9.46. The van der Waals surface area contributed by atoms with Gasteiger partial charge in [0, 0.05) is 4.47 Å². The quantitative estimate of drug-likeness (QED) is 0.831. The van der Waals surface area contributed by atoms with E-state index in [1.54, 1.807) is 18.2 Å². The first kappa shape index (κ1) is 8.25. The maximum atomic E-state index is 9.46. The van der Waals surface area contributed by atoms with Crippen molar-refractivity contribution in [2.45, 2.75) is 0 Å². The number of phenolic OH excluding ortho intramolecular Hbond substituents is 1. The van der Waals surface area contributed by atoms with E-state index in [1.165, 1.54) is 6.39 Å². The van der Waals surface area contributed by atoms with Crippen molar-refractivity contribution in [3.05, 3.63) is 29.1 Å². The number of halogens is 1. The van der Waals surface area contributed by atoms with Gasteiger partial charge in [0.15, 0.2) is 0 Å². The van der Waals surface area contributed by atoms with Gasteiger partial charge in [-0.25, -0.2) is 0 Å². The van der Waals surface area contributed by atoms with Gasteiger partial charge >= 0.3 is 0 Å². The summed E-state index contributed by atoms with van der Waals surface area (Å²) >= 11 is 3.28. The molecule has 0 unspecified atom stereocenters. The molecule has 66 valence electrons. The molecule has 1 aromatic carbocycles. The molecule has 0 atom stereocenters.